The van der Waals surface area contributed by atoms with Crippen LogP contribution in [0, 0.1) is 5.41 Å². The first kappa shape index (κ1) is 6.32. The molecule has 1 saturated carbocycles. The third kappa shape index (κ3) is 0.648. The minimum atomic E-state index is -2.34. The summed E-state index contributed by atoms with van der Waals surface area (Å²) in [6.45, 7) is 0. The van der Waals surface area contributed by atoms with Crippen molar-refractivity contribution in [2.75, 3.05) is 0 Å². The summed E-state index contributed by atoms with van der Waals surface area (Å²) in [7, 11) is 0. The van der Waals surface area contributed by atoms with E-state index in [0.29, 0.717) is 12.8 Å². The third-order valence-corrected chi connectivity index (χ3v) is 2.68. The highest BCUT2D eigenvalue weighted by atomic mass is 19.3. The Morgan fingerprint density at radius 3 is 2.20 bits per heavy atom. The predicted molar refractivity (Wildman–Crippen MR) is 35.0 cm³/mol. The highest BCUT2D eigenvalue weighted by Crippen LogP contribution is 2.66. The molecule has 56 valence electrons. The lowest BCUT2D eigenvalue weighted by Gasteiger charge is -2.16. The van der Waals surface area contributed by atoms with Gasteiger partial charge in [0.2, 0.25) is 0 Å². The van der Waals surface area contributed by atoms with Crippen LogP contribution in [0.1, 0.15) is 25.7 Å². The van der Waals surface area contributed by atoms with Crippen molar-refractivity contribution in [3.8, 4) is 0 Å². The fourth-order valence-electron chi connectivity index (χ4n) is 1.76. The Balaban J connectivity index is 2.14. The van der Waals surface area contributed by atoms with Crippen molar-refractivity contribution in [3.63, 3.8) is 0 Å². The van der Waals surface area contributed by atoms with Gasteiger partial charge in [-0.2, -0.15) is 0 Å². The Morgan fingerprint density at radius 2 is 1.90 bits per heavy atom. The maximum atomic E-state index is 12.6. The Kier molecular flexibility index (Phi) is 1.01. The molecule has 1 fully saturated rings. The monoisotopic (exact) mass is 144 g/mol. The number of hydrogen-bond acceptors (Lipinski definition) is 0. The Bertz CT molecular complexity index is 184. The number of rotatable bonds is 0. The van der Waals surface area contributed by atoms with Gasteiger partial charge >= 0.3 is 0 Å². The van der Waals surface area contributed by atoms with Crippen molar-refractivity contribution in [3.05, 3.63) is 12.2 Å². The summed E-state index contributed by atoms with van der Waals surface area (Å²) >= 11 is 0. The molecule has 1 unspecified atom stereocenters. The molecule has 0 aromatic rings. The van der Waals surface area contributed by atoms with E-state index >= 15 is 0 Å². The molecule has 0 radical (unpaired) electrons. The average molecular weight is 144 g/mol. The van der Waals surface area contributed by atoms with Crippen molar-refractivity contribution in [1.82, 2.24) is 0 Å². The molecule has 2 aliphatic rings. The van der Waals surface area contributed by atoms with Crippen LogP contribution in [0.2, 0.25) is 0 Å². The molecule has 2 aliphatic carbocycles. The van der Waals surface area contributed by atoms with Crippen molar-refractivity contribution >= 4 is 0 Å². The summed E-state index contributed by atoms with van der Waals surface area (Å²) < 4.78 is 25.3. The topological polar surface area (TPSA) is 0 Å². The second-order valence-electron chi connectivity index (χ2n) is 3.38. The van der Waals surface area contributed by atoms with Gasteiger partial charge in [-0.25, -0.2) is 8.78 Å². The van der Waals surface area contributed by atoms with Crippen LogP contribution in [0.4, 0.5) is 8.78 Å². The van der Waals surface area contributed by atoms with Crippen LogP contribution in [-0.2, 0) is 0 Å². The Morgan fingerprint density at radius 1 is 1.20 bits per heavy atom. The normalized spacial score (nSPS) is 42.2. The van der Waals surface area contributed by atoms with Crippen molar-refractivity contribution in [2.45, 2.75) is 31.6 Å². The van der Waals surface area contributed by atoms with Crippen molar-refractivity contribution in [2.24, 2.45) is 5.41 Å². The maximum absolute atomic E-state index is 12.6. The molecule has 0 aliphatic heterocycles. The summed E-state index contributed by atoms with van der Waals surface area (Å²) in [5, 5.41) is 0. The van der Waals surface area contributed by atoms with Crippen LogP contribution in [-0.4, -0.2) is 5.92 Å². The minimum Gasteiger partial charge on any atom is -0.206 e. The standard InChI is InChI=1S/C8H10F2/c9-8(10)6-7(8)4-2-1-3-5-7/h1-2H,3-6H2. The summed E-state index contributed by atoms with van der Waals surface area (Å²) in [5.74, 6) is -2.34. The van der Waals surface area contributed by atoms with E-state index in [1.807, 2.05) is 12.2 Å². The average Bonchev–Trinajstić information content (AvgIpc) is 2.36. The molecule has 1 atom stereocenters. The van der Waals surface area contributed by atoms with E-state index < -0.39 is 11.3 Å². The van der Waals surface area contributed by atoms with Gasteiger partial charge in [0.05, 0.1) is 0 Å². The van der Waals surface area contributed by atoms with E-state index in [4.69, 9.17) is 0 Å². The summed E-state index contributed by atoms with van der Waals surface area (Å²) in [6.07, 6.45) is 6.15. The molecule has 0 bridgehead atoms. The zero-order valence-corrected chi connectivity index (χ0v) is 5.74. The van der Waals surface area contributed by atoms with E-state index in [9.17, 15) is 8.78 Å². The molecule has 0 N–H and O–H groups in total. The lowest BCUT2D eigenvalue weighted by atomic mass is 9.91. The first-order valence-corrected chi connectivity index (χ1v) is 3.69. The Hall–Kier alpha value is -0.400. The van der Waals surface area contributed by atoms with Gasteiger partial charge in [-0.3, -0.25) is 0 Å². The lowest BCUT2D eigenvalue weighted by molar-refractivity contribution is 0.0600. The van der Waals surface area contributed by atoms with Gasteiger partial charge in [0.25, 0.3) is 5.92 Å². The molecule has 2 heteroatoms. The molecule has 2 rings (SSSR count). The lowest BCUT2D eigenvalue weighted by Crippen LogP contribution is -2.12. The van der Waals surface area contributed by atoms with Gasteiger partial charge in [0, 0.05) is 11.8 Å². The van der Waals surface area contributed by atoms with Crippen LogP contribution in [0.15, 0.2) is 12.2 Å². The molecular formula is C8H10F2. The molecular weight excluding hydrogens is 134 g/mol. The van der Waals surface area contributed by atoms with Crippen molar-refractivity contribution in [1.29, 1.82) is 0 Å². The van der Waals surface area contributed by atoms with E-state index in [2.05, 4.69) is 0 Å². The highest BCUT2D eigenvalue weighted by Gasteiger charge is 2.69. The van der Waals surface area contributed by atoms with E-state index in [1.165, 1.54) is 0 Å². The number of hydrogen-bond donors (Lipinski definition) is 0. The fourth-order valence-corrected chi connectivity index (χ4v) is 1.76. The second kappa shape index (κ2) is 1.60. The Labute approximate surface area is 58.9 Å². The molecule has 0 heterocycles. The highest BCUT2D eigenvalue weighted by molar-refractivity contribution is 5.15. The SMILES string of the molecule is FC1(F)CC12CC=CCC2. The van der Waals surface area contributed by atoms with Gasteiger partial charge < -0.3 is 0 Å². The minimum absolute atomic E-state index is 0.129. The summed E-state index contributed by atoms with van der Waals surface area (Å²) in [5.41, 5.74) is -0.595. The first-order valence-electron chi connectivity index (χ1n) is 3.69. The van der Waals surface area contributed by atoms with Gasteiger partial charge in [-0.1, -0.05) is 12.2 Å². The number of alkyl halides is 2. The molecule has 1 spiro atoms. The second-order valence-corrected chi connectivity index (χ2v) is 3.38. The van der Waals surface area contributed by atoms with Crippen LogP contribution in [0.25, 0.3) is 0 Å². The van der Waals surface area contributed by atoms with Crippen LogP contribution in [0.5, 0.6) is 0 Å². The van der Waals surface area contributed by atoms with E-state index in [1.54, 1.807) is 0 Å². The van der Waals surface area contributed by atoms with Gasteiger partial charge in [0.1, 0.15) is 0 Å². The summed E-state index contributed by atoms with van der Waals surface area (Å²) in [4.78, 5) is 0. The predicted octanol–water partition coefficient (Wildman–Crippen LogP) is 2.75. The zero-order valence-electron chi connectivity index (χ0n) is 5.74. The van der Waals surface area contributed by atoms with E-state index in [0.717, 1.165) is 6.42 Å². The molecule has 0 aromatic carbocycles. The molecule has 0 saturated heterocycles. The first-order chi connectivity index (χ1) is 4.66. The molecule has 0 amide bonds. The largest absolute Gasteiger partial charge is 0.254 e. The number of halogens is 2. The van der Waals surface area contributed by atoms with Crippen LogP contribution in [0.3, 0.4) is 0 Å². The molecule has 10 heavy (non-hydrogen) atoms. The van der Waals surface area contributed by atoms with E-state index in [-0.39, 0.29) is 6.42 Å². The van der Waals surface area contributed by atoms with Gasteiger partial charge in [-0.15, -0.1) is 0 Å². The molecule has 0 nitrogen and oxygen atoms in total. The van der Waals surface area contributed by atoms with Crippen LogP contribution >= 0.6 is 0 Å². The van der Waals surface area contributed by atoms with Gasteiger partial charge in [0.15, 0.2) is 0 Å². The van der Waals surface area contributed by atoms with Crippen molar-refractivity contribution < 1.29 is 8.78 Å². The summed E-state index contributed by atoms with van der Waals surface area (Å²) in [6, 6.07) is 0. The maximum Gasteiger partial charge on any atom is 0.254 e. The third-order valence-electron chi connectivity index (χ3n) is 2.68. The molecule has 0 aromatic heterocycles. The number of allylic oxidation sites excluding steroid dienone is 2. The smallest absolute Gasteiger partial charge is 0.206 e. The van der Waals surface area contributed by atoms with Crippen LogP contribution < -0.4 is 0 Å². The zero-order chi connectivity index (χ0) is 7.24. The fraction of sp³-hybridized carbons (Fsp3) is 0.750. The van der Waals surface area contributed by atoms with Gasteiger partial charge in [-0.05, 0) is 19.3 Å². The quantitative estimate of drug-likeness (QED) is 0.458.